The molecule has 19 heavy (non-hydrogen) atoms. The molecule has 0 fully saturated rings. The predicted molar refractivity (Wildman–Crippen MR) is 71.7 cm³/mol. The Morgan fingerprint density at radius 2 is 1.89 bits per heavy atom. The lowest BCUT2D eigenvalue weighted by molar-refractivity contribution is 0.0643. The molecule has 0 heterocycles. The summed E-state index contributed by atoms with van der Waals surface area (Å²) in [6, 6.07) is 5.38. The maximum absolute atomic E-state index is 9.26. The molecular weight excluding hydrogens is 248 g/mol. The van der Waals surface area contributed by atoms with Crippen LogP contribution in [0.5, 0.6) is 11.5 Å². The van der Waals surface area contributed by atoms with Crippen molar-refractivity contribution in [1.29, 1.82) is 0 Å². The summed E-state index contributed by atoms with van der Waals surface area (Å²) >= 11 is 0. The molecule has 0 spiro atoms. The number of methoxy groups -OCH3 is 2. The van der Waals surface area contributed by atoms with Crippen LogP contribution in [0.4, 0.5) is 0 Å². The summed E-state index contributed by atoms with van der Waals surface area (Å²) in [6.45, 7) is 2.31. The molecule has 0 aliphatic heterocycles. The molecule has 0 aliphatic rings. The van der Waals surface area contributed by atoms with Gasteiger partial charge in [0.05, 0.1) is 33.5 Å². The lowest BCUT2D eigenvalue weighted by Crippen LogP contribution is -2.07. The first kappa shape index (κ1) is 15.8. The fourth-order valence-electron chi connectivity index (χ4n) is 1.53. The van der Waals surface area contributed by atoms with Gasteiger partial charge in [-0.05, 0) is 18.2 Å². The van der Waals surface area contributed by atoms with Crippen molar-refractivity contribution >= 4 is 0 Å². The van der Waals surface area contributed by atoms with Gasteiger partial charge in [0.25, 0.3) is 0 Å². The first-order valence-corrected chi connectivity index (χ1v) is 6.29. The third-order valence-electron chi connectivity index (χ3n) is 2.56. The second kappa shape index (κ2) is 9.61. The molecule has 1 aromatic rings. The molecule has 0 saturated carbocycles. The van der Waals surface area contributed by atoms with Gasteiger partial charge in [-0.15, -0.1) is 0 Å². The fraction of sp³-hybridized carbons (Fsp3) is 0.571. The highest BCUT2D eigenvalue weighted by Crippen LogP contribution is 2.24. The van der Waals surface area contributed by atoms with E-state index >= 15 is 0 Å². The van der Waals surface area contributed by atoms with Crippen molar-refractivity contribution in [2.75, 3.05) is 40.6 Å². The van der Waals surface area contributed by atoms with Crippen LogP contribution in [0.3, 0.4) is 0 Å². The molecule has 0 unspecified atom stereocenters. The predicted octanol–water partition coefficient (Wildman–Crippen LogP) is 1.62. The summed E-state index contributed by atoms with van der Waals surface area (Å²) in [5.74, 6) is 1.39. The summed E-state index contributed by atoms with van der Waals surface area (Å²) in [5, 5.41) is 9.26. The lowest BCUT2D eigenvalue weighted by Gasteiger charge is -2.11. The second-order valence-corrected chi connectivity index (χ2v) is 3.94. The van der Waals surface area contributed by atoms with E-state index in [-0.39, 0.29) is 6.61 Å². The van der Waals surface area contributed by atoms with Crippen LogP contribution in [0.15, 0.2) is 18.2 Å². The number of aliphatic hydroxyl groups excluding tert-OH is 1. The molecule has 0 aliphatic carbocycles. The van der Waals surface area contributed by atoms with Gasteiger partial charge in [0.15, 0.2) is 0 Å². The number of ether oxygens (including phenoxy) is 4. The first-order valence-electron chi connectivity index (χ1n) is 6.29. The van der Waals surface area contributed by atoms with Crippen molar-refractivity contribution in [3.8, 4) is 11.5 Å². The maximum atomic E-state index is 9.26. The van der Waals surface area contributed by atoms with E-state index < -0.39 is 0 Å². The highest BCUT2D eigenvalue weighted by molar-refractivity contribution is 5.39. The number of hydrogen-bond acceptors (Lipinski definition) is 5. The smallest absolute Gasteiger partial charge is 0.125 e. The average molecular weight is 270 g/mol. The standard InChI is InChI=1S/C14H22O5/c1-16-8-9-18-6-3-7-19-14-5-4-13(17-2)10-12(14)11-15/h4-5,10,15H,3,6-9,11H2,1-2H3. The summed E-state index contributed by atoms with van der Waals surface area (Å²) in [5.41, 5.74) is 0.722. The highest BCUT2D eigenvalue weighted by atomic mass is 16.5. The van der Waals surface area contributed by atoms with E-state index in [1.807, 2.05) is 6.07 Å². The van der Waals surface area contributed by atoms with E-state index in [1.54, 1.807) is 26.4 Å². The largest absolute Gasteiger partial charge is 0.497 e. The van der Waals surface area contributed by atoms with Gasteiger partial charge in [-0.2, -0.15) is 0 Å². The van der Waals surface area contributed by atoms with Gasteiger partial charge in [-0.3, -0.25) is 0 Å². The van der Waals surface area contributed by atoms with Crippen LogP contribution in [0, 0.1) is 0 Å². The zero-order chi connectivity index (χ0) is 13.9. The third kappa shape index (κ3) is 5.92. The molecule has 0 atom stereocenters. The molecule has 0 amide bonds. The van der Waals surface area contributed by atoms with Gasteiger partial charge < -0.3 is 24.1 Å². The van der Waals surface area contributed by atoms with Crippen molar-refractivity contribution in [2.24, 2.45) is 0 Å². The molecule has 1 aromatic carbocycles. The number of rotatable bonds is 10. The average Bonchev–Trinajstić information content (AvgIpc) is 2.46. The van der Waals surface area contributed by atoms with E-state index in [2.05, 4.69) is 0 Å². The van der Waals surface area contributed by atoms with Crippen LogP contribution in [-0.4, -0.2) is 45.8 Å². The Morgan fingerprint density at radius 3 is 2.58 bits per heavy atom. The third-order valence-corrected chi connectivity index (χ3v) is 2.56. The normalized spacial score (nSPS) is 10.5. The van der Waals surface area contributed by atoms with Gasteiger partial charge in [0.2, 0.25) is 0 Å². The number of aliphatic hydroxyl groups is 1. The molecular formula is C14H22O5. The van der Waals surface area contributed by atoms with Crippen molar-refractivity contribution in [1.82, 2.24) is 0 Å². The monoisotopic (exact) mass is 270 g/mol. The van der Waals surface area contributed by atoms with E-state index in [0.29, 0.717) is 37.9 Å². The minimum atomic E-state index is -0.0725. The first-order chi connectivity index (χ1) is 9.31. The van der Waals surface area contributed by atoms with Crippen LogP contribution < -0.4 is 9.47 Å². The molecule has 5 nitrogen and oxygen atoms in total. The molecule has 0 bridgehead atoms. The lowest BCUT2D eigenvalue weighted by atomic mass is 10.2. The SMILES string of the molecule is COCCOCCCOc1ccc(OC)cc1CO. The van der Waals surface area contributed by atoms with Crippen LogP contribution >= 0.6 is 0 Å². The Balaban J connectivity index is 2.28. The van der Waals surface area contributed by atoms with Crippen LogP contribution in [-0.2, 0) is 16.1 Å². The van der Waals surface area contributed by atoms with Crippen molar-refractivity contribution < 1.29 is 24.1 Å². The van der Waals surface area contributed by atoms with Gasteiger partial charge in [-0.1, -0.05) is 0 Å². The van der Waals surface area contributed by atoms with E-state index in [0.717, 1.165) is 12.0 Å². The van der Waals surface area contributed by atoms with Gasteiger partial charge in [0, 0.05) is 25.7 Å². The Kier molecular flexibility index (Phi) is 7.97. The molecule has 0 aromatic heterocycles. The Bertz CT molecular complexity index is 354. The molecule has 108 valence electrons. The number of benzene rings is 1. The Labute approximate surface area is 114 Å². The summed E-state index contributed by atoms with van der Waals surface area (Å²) in [4.78, 5) is 0. The van der Waals surface area contributed by atoms with Crippen molar-refractivity contribution in [3.63, 3.8) is 0 Å². The zero-order valence-corrected chi connectivity index (χ0v) is 11.6. The molecule has 0 saturated heterocycles. The Morgan fingerprint density at radius 1 is 1.05 bits per heavy atom. The fourth-order valence-corrected chi connectivity index (χ4v) is 1.53. The van der Waals surface area contributed by atoms with Gasteiger partial charge in [-0.25, -0.2) is 0 Å². The van der Waals surface area contributed by atoms with E-state index in [4.69, 9.17) is 18.9 Å². The molecule has 1 rings (SSSR count). The summed E-state index contributed by atoms with van der Waals surface area (Å²) in [7, 11) is 3.24. The highest BCUT2D eigenvalue weighted by Gasteiger charge is 2.04. The topological polar surface area (TPSA) is 57.2 Å². The quantitative estimate of drug-likeness (QED) is 0.655. The summed E-state index contributed by atoms with van der Waals surface area (Å²) < 4.78 is 20.9. The van der Waals surface area contributed by atoms with Gasteiger partial charge in [0.1, 0.15) is 11.5 Å². The summed E-state index contributed by atoms with van der Waals surface area (Å²) in [6.07, 6.45) is 0.792. The minimum Gasteiger partial charge on any atom is -0.497 e. The second-order valence-electron chi connectivity index (χ2n) is 3.94. The van der Waals surface area contributed by atoms with E-state index in [9.17, 15) is 5.11 Å². The molecule has 0 radical (unpaired) electrons. The van der Waals surface area contributed by atoms with Crippen LogP contribution in [0.25, 0.3) is 0 Å². The van der Waals surface area contributed by atoms with Crippen molar-refractivity contribution in [2.45, 2.75) is 13.0 Å². The molecule has 1 N–H and O–H groups in total. The van der Waals surface area contributed by atoms with Gasteiger partial charge >= 0.3 is 0 Å². The van der Waals surface area contributed by atoms with Crippen LogP contribution in [0.2, 0.25) is 0 Å². The van der Waals surface area contributed by atoms with E-state index in [1.165, 1.54) is 0 Å². The number of hydrogen-bond donors (Lipinski definition) is 1. The zero-order valence-electron chi connectivity index (χ0n) is 11.6. The Hall–Kier alpha value is -1.30. The maximum Gasteiger partial charge on any atom is 0.125 e. The van der Waals surface area contributed by atoms with Crippen molar-refractivity contribution in [3.05, 3.63) is 23.8 Å². The molecule has 5 heteroatoms. The minimum absolute atomic E-state index is 0.0725. The van der Waals surface area contributed by atoms with Crippen LogP contribution in [0.1, 0.15) is 12.0 Å².